The first kappa shape index (κ1) is 20.8. The molecule has 1 amide bonds. The SMILES string of the molecule is Cc1ccccc1-c1nc2sc(=C3C(=O)N(Cc4ccc(Cl)cc4)c4ccccc43)c(=O)n2n1. The Morgan fingerprint density at radius 2 is 1.62 bits per heavy atom. The molecule has 0 bridgehead atoms. The average Bonchev–Trinajstić information content (AvgIpc) is 3.47. The van der Waals surface area contributed by atoms with Gasteiger partial charge in [0.05, 0.1) is 17.8 Å². The molecule has 8 heteroatoms. The van der Waals surface area contributed by atoms with Gasteiger partial charge in [0.15, 0.2) is 5.82 Å². The quantitative estimate of drug-likeness (QED) is 0.384. The van der Waals surface area contributed by atoms with Crippen molar-refractivity contribution in [2.75, 3.05) is 4.90 Å². The summed E-state index contributed by atoms with van der Waals surface area (Å²) in [6, 6.07) is 22.7. The van der Waals surface area contributed by atoms with Crippen LogP contribution >= 0.6 is 22.9 Å². The van der Waals surface area contributed by atoms with Crippen molar-refractivity contribution < 1.29 is 4.79 Å². The summed E-state index contributed by atoms with van der Waals surface area (Å²) >= 11 is 7.21. The number of benzene rings is 3. The van der Waals surface area contributed by atoms with Gasteiger partial charge in [-0.25, -0.2) is 0 Å². The van der Waals surface area contributed by atoms with Gasteiger partial charge in [-0.05, 0) is 36.2 Å². The number of amides is 1. The number of aryl methyl sites for hydroxylation is 1. The molecule has 0 spiro atoms. The number of carbonyl (C=O) groups is 1. The van der Waals surface area contributed by atoms with Crippen molar-refractivity contribution in [3.63, 3.8) is 0 Å². The zero-order chi connectivity index (χ0) is 23.4. The molecule has 2 aromatic heterocycles. The highest BCUT2D eigenvalue weighted by atomic mass is 35.5. The molecular weight excluding hydrogens is 468 g/mol. The molecule has 3 aromatic carbocycles. The predicted molar refractivity (Wildman–Crippen MR) is 134 cm³/mol. The summed E-state index contributed by atoms with van der Waals surface area (Å²) in [7, 11) is 0. The molecule has 0 radical (unpaired) electrons. The summed E-state index contributed by atoms with van der Waals surface area (Å²) in [5, 5.41) is 5.10. The maximum absolute atomic E-state index is 13.6. The van der Waals surface area contributed by atoms with Crippen LogP contribution in [-0.2, 0) is 11.3 Å². The third-order valence-corrected chi connectivity index (χ3v) is 7.23. The van der Waals surface area contributed by atoms with Gasteiger partial charge in [0.2, 0.25) is 4.96 Å². The average molecular weight is 485 g/mol. The van der Waals surface area contributed by atoms with Crippen molar-refractivity contribution in [2.24, 2.45) is 0 Å². The van der Waals surface area contributed by atoms with Crippen LogP contribution in [0, 0.1) is 6.92 Å². The van der Waals surface area contributed by atoms with E-state index in [-0.39, 0.29) is 11.5 Å². The van der Waals surface area contributed by atoms with Gasteiger partial charge in [-0.1, -0.05) is 77.5 Å². The second-order valence-electron chi connectivity index (χ2n) is 8.09. The Bertz CT molecular complexity index is 1710. The van der Waals surface area contributed by atoms with Crippen LogP contribution in [0.2, 0.25) is 5.02 Å². The molecule has 0 unspecified atom stereocenters. The van der Waals surface area contributed by atoms with Crippen molar-refractivity contribution in [1.29, 1.82) is 0 Å². The molecule has 0 saturated carbocycles. The van der Waals surface area contributed by atoms with Crippen molar-refractivity contribution in [3.05, 3.63) is 109 Å². The molecular formula is C26H17ClN4O2S. The topological polar surface area (TPSA) is 67.6 Å². The molecule has 3 heterocycles. The Hall–Kier alpha value is -3.81. The van der Waals surface area contributed by atoms with Crippen LogP contribution < -0.4 is 15.0 Å². The van der Waals surface area contributed by atoms with Crippen molar-refractivity contribution in [1.82, 2.24) is 14.6 Å². The monoisotopic (exact) mass is 484 g/mol. The molecule has 34 heavy (non-hydrogen) atoms. The Morgan fingerprint density at radius 1 is 0.912 bits per heavy atom. The largest absolute Gasteiger partial charge is 0.303 e. The van der Waals surface area contributed by atoms with Crippen LogP contribution in [0.15, 0.2) is 77.6 Å². The number of para-hydroxylation sites is 1. The van der Waals surface area contributed by atoms with Gasteiger partial charge < -0.3 is 4.90 Å². The van der Waals surface area contributed by atoms with Crippen LogP contribution in [0.25, 0.3) is 21.9 Å². The van der Waals surface area contributed by atoms with E-state index in [2.05, 4.69) is 10.1 Å². The van der Waals surface area contributed by atoms with Crippen LogP contribution in [0.5, 0.6) is 0 Å². The Morgan fingerprint density at radius 3 is 2.35 bits per heavy atom. The smallest absolute Gasteiger partial charge is 0.291 e. The van der Waals surface area contributed by atoms with Gasteiger partial charge in [0.1, 0.15) is 4.53 Å². The van der Waals surface area contributed by atoms with E-state index in [1.165, 1.54) is 15.9 Å². The normalized spacial score (nSPS) is 14.8. The molecule has 0 fully saturated rings. The minimum Gasteiger partial charge on any atom is -0.303 e. The Balaban J connectivity index is 1.50. The van der Waals surface area contributed by atoms with E-state index in [0.29, 0.717) is 32.5 Å². The number of thiazole rings is 1. The molecule has 0 aliphatic carbocycles. The lowest BCUT2D eigenvalue weighted by molar-refractivity contribution is -0.113. The highest BCUT2D eigenvalue weighted by molar-refractivity contribution is 7.15. The zero-order valence-corrected chi connectivity index (χ0v) is 19.6. The van der Waals surface area contributed by atoms with Crippen LogP contribution in [0.3, 0.4) is 0 Å². The summed E-state index contributed by atoms with van der Waals surface area (Å²) in [5.74, 6) is 0.289. The Labute approximate surface area is 203 Å². The second-order valence-corrected chi connectivity index (χ2v) is 9.50. The molecule has 5 aromatic rings. The molecule has 6 nitrogen and oxygen atoms in total. The molecule has 6 rings (SSSR count). The number of nitrogens with zero attached hydrogens (tertiary/aromatic N) is 4. The lowest BCUT2D eigenvalue weighted by Gasteiger charge is -2.17. The number of hydrogen-bond donors (Lipinski definition) is 0. The molecule has 1 aliphatic rings. The van der Waals surface area contributed by atoms with E-state index in [0.717, 1.165) is 27.9 Å². The van der Waals surface area contributed by atoms with E-state index in [4.69, 9.17) is 11.6 Å². The summed E-state index contributed by atoms with van der Waals surface area (Å²) < 4.78 is 1.65. The third-order valence-electron chi connectivity index (χ3n) is 5.95. The number of fused-ring (bicyclic) bond motifs is 2. The van der Waals surface area contributed by atoms with Crippen molar-refractivity contribution >= 4 is 45.1 Å². The summed E-state index contributed by atoms with van der Waals surface area (Å²) in [6.45, 7) is 2.36. The fourth-order valence-corrected chi connectivity index (χ4v) is 5.38. The first-order valence-corrected chi connectivity index (χ1v) is 11.9. The number of halogens is 1. The van der Waals surface area contributed by atoms with Gasteiger partial charge >= 0.3 is 0 Å². The van der Waals surface area contributed by atoms with Gasteiger partial charge in [0.25, 0.3) is 11.5 Å². The fourth-order valence-electron chi connectivity index (χ4n) is 4.25. The predicted octanol–water partition coefficient (Wildman–Crippen LogP) is 4.24. The van der Waals surface area contributed by atoms with Gasteiger partial charge in [-0.2, -0.15) is 9.50 Å². The van der Waals surface area contributed by atoms with E-state index in [1.54, 1.807) is 17.0 Å². The number of hydrogen-bond acceptors (Lipinski definition) is 5. The first-order chi connectivity index (χ1) is 16.5. The maximum atomic E-state index is 13.6. The van der Waals surface area contributed by atoms with Crippen LogP contribution in [-0.4, -0.2) is 20.5 Å². The van der Waals surface area contributed by atoms with E-state index < -0.39 is 0 Å². The van der Waals surface area contributed by atoms with Crippen molar-refractivity contribution in [3.8, 4) is 11.4 Å². The van der Waals surface area contributed by atoms with Gasteiger partial charge in [-0.3, -0.25) is 9.59 Å². The van der Waals surface area contributed by atoms with Crippen LogP contribution in [0.1, 0.15) is 16.7 Å². The summed E-state index contributed by atoms with van der Waals surface area (Å²) in [4.78, 5) is 33.7. The zero-order valence-electron chi connectivity index (χ0n) is 18.0. The number of aromatic nitrogens is 3. The number of carbonyl (C=O) groups excluding carboxylic acids is 1. The minimum absolute atomic E-state index is 0.211. The van der Waals surface area contributed by atoms with E-state index in [9.17, 15) is 9.59 Å². The van der Waals surface area contributed by atoms with E-state index >= 15 is 0 Å². The molecule has 0 saturated heterocycles. The molecule has 1 aliphatic heterocycles. The number of rotatable bonds is 3. The first-order valence-electron chi connectivity index (χ1n) is 10.7. The van der Waals surface area contributed by atoms with Gasteiger partial charge in [-0.15, -0.1) is 5.10 Å². The highest BCUT2D eigenvalue weighted by Crippen LogP contribution is 2.36. The van der Waals surface area contributed by atoms with Crippen LogP contribution in [0.4, 0.5) is 5.69 Å². The third kappa shape index (κ3) is 3.24. The summed E-state index contributed by atoms with van der Waals surface area (Å²) in [6.07, 6.45) is 0. The van der Waals surface area contributed by atoms with E-state index in [1.807, 2.05) is 67.6 Å². The second kappa shape index (κ2) is 7.90. The lowest BCUT2D eigenvalue weighted by Crippen LogP contribution is -2.32. The molecule has 0 atom stereocenters. The molecule has 166 valence electrons. The maximum Gasteiger partial charge on any atom is 0.291 e. The molecule has 0 N–H and O–H groups in total. The van der Waals surface area contributed by atoms with Gasteiger partial charge in [0, 0.05) is 16.1 Å². The Kier molecular flexibility index (Phi) is 4.83. The van der Waals surface area contributed by atoms with Crippen molar-refractivity contribution in [2.45, 2.75) is 13.5 Å². The summed E-state index contributed by atoms with van der Waals surface area (Å²) in [5.41, 5.74) is 4.42. The number of anilines is 1. The standard InChI is InChI=1S/C26H17ClN4O2S/c1-15-6-2-3-7-18(15)23-28-26-31(29-23)25(33)22(34-26)21-19-8-4-5-9-20(19)30(24(21)32)14-16-10-12-17(27)13-11-16/h2-13H,14H2,1H3. The fraction of sp³-hybridized carbons (Fsp3) is 0.0769. The highest BCUT2D eigenvalue weighted by Gasteiger charge is 2.34. The lowest BCUT2D eigenvalue weighted by atomic mass is 10.1. The minimum atomic E-state index is -0.334.